The van der Waals surface area contributed by atoms with E-state index in [1.54, 1.807) is 32.6 Å². The maximum Gasteiger partial charge on any atom is 0.273 e. The average Bonchev–Trinajstić information content (AvgIpc) is 2.59. The highest BCUT2D eigenvalue weighted by atomic mass is 16.2. The fraction of sp³-hybridized carbons (Fsp3) is 0.375. The van der Waals surface area contributed by atoms with Crippen LogP contribution in [0.15, 0.2) is 41.3 Å². The number of rotatable bonds is 8. The van der Waals surface area contributed by atoms with Crippen molar-refractivity contribution in [3.63, 3.8) is 0 Å². The first-order valence-corrected chi connectivity index (χ1v) is 7.42. The summed E-state index contributed by atoms with van der Waals surface area (Å²) in [7, 11) is 1.66. The number of hydrogen-bond donors (Lipinski definition) is 4. The quantitative estimate of drug-likeness (QED) is 0.429. The minimum Gasteiger partial charge on any atom is -0.383 e. The molecule has 124 valence electrons. The highest BCUT2D eigenvalue weighted by Gasteiger charge is 2.13. The number of carbonyl (C=O) groups is 1. The van der Waals surface area contributed by atoms with E-state index in [0.29, 0.717) is 23.6 Å². The van der Waals surface area contributed by atoms with Crippen molar-refractivity contribution in [3.05, 3.63) is 46.9 Å². The molecule has 0 atom stereocenters. The van der Waals surface area contributed by atoms with E-state index in [0.717, 1.165) is 23.9 Å². The van der Waals surface area contributed by atoms with Crippen LogP contribution in [0, 0.1) is 5.41 Å². The Morgan fingerprint density at radius 2 is 2.09 bits per heavy atom. The van der Waals surface area contributed by atoms with E-state index in [1.165, 1.54) is 0 Å². The summed E-state index contributed by atoms with van der Waals surface area (Å²) in [5.74, 6) is 0.358. The molecule has 4 N–H and O–H groups in total. The second-order valence-corrected chi connectivity index (χ2v) is 4.97. The number of likely N-dealkylation sites (N-methyl/N-ethyl adjacent to an activating group) is 1. The van der Waals surface area contributed by atoms with Crippen molar-refractivity contribution in [3.8, 4) is 0 Å². The molecule has 7 heteroatoms. The van der Waals surface area contributed by atoms with Crippen LogP contribution in [0.25, 0.3) is 0 Å². The third-order valence-corrected chi connectivity index (χ3v) is 3.35. The summed E-state index contributed by atoms with van der Waals surface area (Å²) in [5, 5.41) is 16.2. The minimum absolute atomic E-state index is 0.289. The first-order chi connectivity index (χ1) is 11.0. The van der Waals surface area contributed by atoms with Crippen molar-refractivity contribution in [2.75, 3.05) is 7.05 Å². The predicted octanol–water partition coefficient (Wildman–Crippen LogP) is 1.47. The van der Waals surface area contributed by atoms with Crippen LogP contribution in [0.2, 0.25) is 0 Å². The van der Waals surface area contributed by atoms with Gasteiger partial charge in [-0.3, -0.25) is 14.8 Å². The lowest BCUT2D eigenvalue weighted by Gasteiger charge is -2.17. The van der Waals surface area contributed by atoms with Crippen LogP contribution in [0.1, 0.15) is 32.9 Å². The van der Waals surface area contributed by atoms with Crippen LogP contribution < -0.4 is 16.0 Å². The Bertz CT molecular complexity index is 606. The zero-order chi connectivity index (χ0) is 17.2. The highest BCUT2D eigenvalue weighted by molar-refractivity contribution is 5.99. The zero-order valence-corrected chi connectivity index (χ0v) is 14.0. The van der Waals surface area contributed by atoms with E-state index < -0.39 is 0 Å². The Morgan fingerprint density at radius 1 is 1.35 bits per heavy atom. The van der Waals surface area contributed by atoms with Gasteiger partial charge in [0, 0.05) is 25.7 Å². The standard InChI is InChI=1S/C16H24N6O/c1-5-11(2)15(21-10-13-9-19-6-7-20-13)22-16(23)14(18-4)12(3)8-17/h6-9,17-18,21H,5,10H2,1-4H3,(H,22,23)/b14-12-,15-11-,17-8?. The summed E-state index contributed by atoms with van der Waals surface area (Å²) in [5.41, 5.74) is 2.73. The molecule has 23 heavy (non-hydrogen) atoms. The van der Waals surface area contributed by atoms with Crippen molar-refractivity contribution in [2.45, 2.75) is 33.7 Å². The monoisotopic (exact) mass is 316 g/mol. The van der Waals surface area contributed by atoms with Gasteiger partial charge < -0.3 is 21.4 Å². The van der Waals surface area contributed by atoms with Gasteiger partial charge in [-0.1, -0.05) is 6.92 Å². The second-order valence-electron chi connectivity index (χ2n) is 4.97. The van der Waals surface area contributed by atoms with Crippen molar-refractivity contribution in [1.82, 2.24) is 25.9 Å². The molecule has 0 spiro atoms. The van der Waals surface area contributed by atoms with Crippen molar-refractivity contribution in [1.29, 1.82) is 5.41 Å². The van der Waals surface area contributed by atoms with Gasteiger partial charge in [-0.15, -0.1) is 0 Å². The number of nitrogens with zero attached hydrogens (tertiary/aromatic N) is 2. The Hall–Kier alpha value is -2.70. The minimum atomic E-state index is -0.289. The largest absolute Gasteiger partial charge is 0.383 e. The van der Waals surface area contributed by atoms with Crippen LogP contribution >= 0.6 is 0 Å². The van der Waals surface area contributed by atoms with Crippen molar-refractivity contribution >= 4 is 12.1 Å². The van der Waals surface area contributed by atoms with Gasteiger partial charge in [-0.25, -0.2) is 0 Å². The molecule has 0 aromatic carbocycles. The predicted molar refractivity (Wildman–Crippen MR) is 90.5 cm³/mol. The van der Waals surface area contributed by atoms with Gasteiger partial charge in [0.2, 0.25) is 0 Å². The molecule has 0 fully saturated rings. The van der Waals surface area contributed by atoms with E-state index >= 15 is 0 Å². The van der Waals surface area contributed by atoms with Crippen molar-refractivity contribution < 1.29 is 4.79 Å². The second kappa shape index (κ2) is 9.34. The SMILES string of the molecule is CC/C(C)=C(/NCc1cnccn1)NC(=O)/C(NC)=C(\C)C=N. The van der Waals surface area contributed by atoms with Gasteiger partial charge in [0.05, 0.1) is 18.4 Å². The lowest BCUT2D eigenvalue weighted by molar-refractivity contribution is -0.117. The maximum absolute atomic E-state index is 12.4. The molecule has 1 heterocycles. The summed E-state index contributed by atoms with van der Waals surface area (Å²) in [6.07, 6.45) is 6.86. The lowest BCUT2D eigenvalue weighted by Crippen LogP contribution is -2.36. The number of hydrogen-bond acceptors (Lipinski definition) is 6. The molecule has 7 nitrogen and oxygen atoms in total. The van der Waals surface area contributed by atoms with Crippen LogP contribution in [0.3, 0.4) is 0 Å². The molecule has 0 bridgehead atoms. The molecule has 0 aliphatic heterocycles. The molecule has 0 aliphatic rings. The molecule has 1 aromatic rings. The third kappa shape index (κ3) is 5.54. The van der Waals surface area contributed by atoms with E-state index in [-0.39, 0.29) is 5.91 Å². The zero-order valence-electron chi connectivity index (χ0n) is 14.0. The maximum atomic E-state index is 12.4. The number of amides is 1. The molecule has 0 saturated heterocycles. The van der Waals surface area contributed by atoms with Crippen LogP contribution in [-0.4, -0.2) is 29.1 Å². The van der Waals surface area contributed by atoms with Crippen LogP contribution in [-0.2, 0) is 11.3 Å². The van der Waals surface area contributed by atoms with Gasteiger partial charge >= 0.3 is 0 Å². The Labute approximate surface area is 136 Å². The summed E-state index contributed by atoms with van der Waals surface area (Å²) in [6.45, 7) is 6.14. The number of aromatic nitrogens is 2. The molecule has 0 radical (unpaired) electrons. The summed E-state index contributed by atoms with van der Waals surface area (Å²) < 4.78 is 0. The van der Waals surface area contributed by atoms with Crippen molar-refractivity contribution in [2.24, 2.45) is 0 Å². The summed E-state index contributed by atoms with van der Waals surface area (Å²) in [4.78, 5) is 20.6. The van der Waals surface area contributed by atoms with Gasteiger partial charge in [-0.05, 0) is 31.4 Å². The number of allylic oxidation sites excluding steroid dienone is 2. The summed E-state index contributed by atoms with van der Waals surface area (Å²) in [6, 6.07) is 0. The van der Waals surface area contributed by atoms with Gasteiger partial charge in [0.15, 0.2) is 0 Å². The Balaban J connectivity index is 2.88. The Morgan fingerprint density at radius 3 is 2.61 bits per heavy atom. The summed E-state index contributed by atoms with van der Waals surface area (Å²) >= 11 is 0. The van der Waals surface area contributed by atoms with E-state index in [1.807, 2.05) is 13.8 Å². The Kier molecular flexibility index (Phi) is 7.45. The smallest absolute Gasteiger partial charge is 0.273 e. The topological polar surface area (TPSA) is 103 Å². The molecular formula is C16H24N6O. The first-order valence-electron chi connectivity index (χ1n) is 7.42. The van der Waals surface area contributed by atoms with E-state index in [9.17, 15) is 4.79 Å². The molecule has 0 unspecified atom stereocenters. The number of nitrogens with one attached hydrogen (secondary N) is 4. The normalized spacial score (nSPS) is 12.7. The highest BCUT2D eigenvalue weighted by Crippen LogP contribution is 2.06. The lowest BCUT2D eigenvalue weighted by atomic mass is 10.2. The van der Waals surface area contributed by atoms with Crippen LogP contribution in [0.4, 0.5) is 0 Å². The fourth-order valence-corrected chi connectivity index (χ4v) is 1.82. The molecule has 1 aromatic heterocycles. The third-order valence-electron chi connectivity index (χ3n) is 3.35. The van der Waals surface area contributed by atoms with Gasteiger partial charge in [0.25, 0.3) is 5.91 Å². The molecule has 1 amide bonds. The van der Waals surface area contributed by atoms with E-state index in [4.69, 9.17) is 5.41 Å². The fourth-order valence-electron chi connectivity index (χ4n) is 1.82. The van der Waals surface area contributed by atoms with Gasteiger partial charge in [0.1, 0.15) is 11.5 Å². The number of carbonyl (C=O) groups excluding carboxylic acids is 1. The first kappa shape index (κ1) is 18.3. The van der Waals surface area contributed by atoms with E-state index in [2.05, 4.69) is 25.9 Å². The molecular weight excluding hydrogens is 292 g/mol. The average molecular weight is 316 g/mol. The molecule has 0 saturated carbocycles. The molecule has 0 aliphatic carbocycles. The molecule has 1 rings (SSSR count). The van der Waals surface area contributed by atoms with Crippen LogP contribution in [0.5, 0.6) is 0 Å². The van der Waals surface area contributed by atoms with Gasteiger partial charge in [-0.2, -0.15) is 0 Å².